The van der Waals surface area contributed by atoms with E-state index >= 15 is 0 Å². The molecule has 5 heterocycles. The molecule has 3 aliphatic rings. The Morgan fingerprint density at radius 3 is 2.87 bits per heavy atom. The van der Waals surface area contributed by atoms with Crippen LogP contribution in [0.4, 0.5) is 5.95 Å². The highest BCUT2D eigenvalue weighted by Gasteiger charge is 2.52. The van der Waals surface area contributed by atoms with Gasteiger partial charge in [-0.15, -0.1) is 15.6 Å². The number of rotatable bonds is 5. The number of carbonyl (C=O) groups excluding carboxylic acids is 1. The summed E-state index contributed by atoms with van der Waals surface area (Å²) in [6, 6.07) is 2.20. The molecule has 1 N–H and O–H groups in total. The SMILES string of the molecule is CCC12CCCN1C(=O)c1cc(-c3nc(NC4CCN([S+](C)[O-])CC4)ncc3Cl)sc12. The highest BCUT2D eigenvalue weighted by atomic mass is 35.5. The van der Waals surface area contributed by atoms with E-state index in [9.17, 15) is 9.35 Å². The number of anilines is 1. The number of fused-ring (bicyclic) bond motifs is 3. The molecule has 0 spiro atoms. The van der Waals surface area contributed by atoms with E-state index in [1.54, 1.807) is 23.8 Å². The second kappa shape index (κ2) is 8.19. The minimum absolute atomic E-state index is 0.139. The molecule has 2 fully saturated rings. The predicted octanol–water partition coefficient (Wildman–Crippen LogP) is 3.88. The molecule has 0 radical (unpaired) electrons. The van der Waals surface area contributed by atoms with E-state index in [4.69, 9.17) is 16.6 Å². The molecule has 31 heavy (non-hydrogen) atoms. The monoisotopic (exact) mass is 479 g/mol. The molecule has 0 bridgehead atoms. The van der Waals surface area contributed by atoms with E-state index in [2.05, 4.69) is 22.1 Å². The Kier molecular flexibility index (Phi) is 5.67. The second-order valence-electron chi connectivity index (χ2n) is 8.46. The van der Waals surface area contributed by atoms with E-state index < -0.39 is 11.4 Å². The molecule has 2 aromatic rings. The van der Waals surface area contributed by atoms with Crippen molar-refractivity contribution in [1.29, 1.82) is 0 Å². The van der Waals surface area contributed by atoms with E-state index in [-0.39, 0.29) is 17.5 Å². The molecule has 3 aliphatic heterocycles. The zero-order chi connectivity index (χ0) is 21.8. The Balaban J connectivity index is 1.40. The van der Waals surface area contributed by atoms with Crippen LogP contribution in [0.25, 0.3) is 10.6 Å². The van der Waals surface area contributed by atoms with E-state index in [1.165, 1.54) is 0 Å². The summed E-state index contributed by atoms with van der Waals surface area (Å²) >= 11 is 7.21. The van der Waals surface area contributed by atoms with Gasteiger partial charge in [0.05, 0.1) is 27.2 Å². The van der Waals surface area contributed by atoms with Crippen LogP contribution in [0.3, 0.4) is 0 Å². The van der Waals surface area contributed by atoms with Crippen LogP contribution in [0.5, 0.6) is 0 Å². The van der Waals surface area contributed by atoms with Gasteiger partial charge in [-0.2, -0.15) is 0 Å². The first-order chi connectivity index (χ1) is 14.9. The van der Waals surface area contributed by atoms with Gasteiger partial charge in [-0.3, -0.25) is 4.79 Å². The van der Waals surface area contributed by atoms with E-state index in [1.807, 2.05) is 10.4 Å². The minimum atomic E-state index is -0.923. The highest BCUT2D eigenvalue weighted by Crippen LogP contribution is 2.53. The van der Waals surface area contributed by atoms with Gasteiger partial charge in [0.2, 0.25) is 5.95 Å². The maximum atomic E-state index is 13.0. The van der Waals surface area contributed by atoms with Crippen molar-refractivity contribution in [3.63, 3.8) is 0 Å². The third-order valence-corrected chi connectivity index (χ3v) is 9.54. The lowest BCUT2D eigenvalue weighted by molar-refractivity contribution is 0.0656. The summed E-state index contributed by atoms with van der Waals surface area (Å²) in [6.07, 6.45) is 8.13. The number of nitrogens with one attached hydrogen (secondary N) is 1. The first-order valence-corrected chi connectivity index (χ1v) is 13.5. The number of aromatic nitrogens is 2. The summed E-state index contributed by atoms with van der Waals surface area (Å²) in [4.78, 5) is 26.2. The number of carbonyl (C=O) groups is 1. The number of nitrogens with zero attached hydrogens (tertiary/aromatic N) is 4. The topological polar surface area (TPSA) is 84.4 Å². The summed E-state index contributed by atoms with van der Waals surface area (Å²) in [5.41, 5.74) is 1.34. The smallest absolute Gasteiger partial charge is 0.255 e. The fourth-order valence-corrected chi connectivity index (χ4v) is 7.57. The number of halogens is 1. The van der Waals surface area contributed by atoms with Gasteiger partial charge < -0.3 is 14.8 Å². The third kappa shape index (κ3) is 3.54. The molecule has 0 aliphatic carbocycles. The van der Waals surface area contributed by atoms with E-state index in [0.29, 0.717) is 16.7 Å². The van der Waals surface area contributed by atoms with Crippen LogP contribution in [0.15, 0.2) is 12.3 Å². The number of thiophene rings is 1. The van der Waals surface area contributed by atoms with Crippen molar-refractivity contribution in [2.24, 2.45) is 0 Å². The Morgan fingerprint density at radius 2 is 2.16 bits per heavy atom. The summed E-state index contributed by atoms with van der Waals surface area (Å²) in [5, 5.41) is 3.90. The average Bonchev–Trinajstić information content (AvgIpc) is 3.44. The van der Waals surface area contributed by atoms with Gasteiger partial charge in [0, 0.05) is 41.9 Å². The van der Waals surface area contributed by atoms with Gasteiger partial charge in [0.1, 0.15) is 11.9 Å². The molecule has 2 aromatic heterocycles. The predicted molar refractivity (Wildman–Crippen MR) is 125 cm³/mol. The lowest BCUT2D eigenvalue weighted by atomic mass is 9.92. The average molecular weight is 480 g/mol. The number of hydrogen-bond acceptors (Lipinski definition) is 7. The maximum Gasteiger partial charge on any atom is 0.255 e. The zero-order valence-corrected chi connectivity index (χ0v) is 20.1. The molecule has 7 nitrogen and oxygen atoms in total. The first-order valence-electron chi connectivity index (χ1n) is 10.8. The second-order valence-corrected chi connectivity index (χ2v) is 11.3. The standard InChI is InChI=1S/C21H26ClN5O2S2/c1-3-21-7-4-8-27(21)19(28)14-11-16(30-18(14)21)17-15(22)12-23-20(25-17)24-13-5-9-26(10-6-13)31(2)29/h11-13H,3-10H2,1-2H3,(H,23,24,25). The Labute approximate surface area is 194 Å². The van der Waals surface area contributed by atoms with Crippen LogP contribution < -0.4 is 5.32 Å². The van der Waals surface area contributed by atoms with Crippen LogP contribution >= 0.6 is 22.9 Å². The third-order valence-electron chi connectivity index (χ3n) is 6.83. The molecular formula is C21H26ClN5O2S2. The van der Waals surface area contributed by atoms with Crippen molar-refractivity contribution >= 4 is 46.2 Å². The van der Waals surface area contributed by atoms with Gasteiger partial charge in [0.25, 0.3) is 5.91 Å². The highest BCUT2D eigenvalue weighted by molar-refractivity contribution is 7.88. The first kappa shape index (κ1) is 21.5. The number of amides is 1. The van der Waals surface area contributed by atoms with Crippen LogP contribution in [-0.2, 0) is 16.9 Å². The van der Waals surface area contributed by atoms with Crippen molar-refractivity contribution in [1.82, 2.24) is 19.2 Å². The quantitative estimate of drug-likeness (QED) is 0.655. The Morgan fingerprint density at radius 1 is 1.39 bits per heavy atom. The van der Waals surface area contributed by atoms with Gasteiger partial charge in [0.15, 0.2) is 0 Å². The lowest BCUT2D eigenvalue weighted by Crippen LogP contribution is -2.42. The van der Waals surface area contributed by atoms with Crippen LogP contribution in [-0.4, -0.2) is 61.6 Å². The molecule has 0 saturated carbocycles. The lowest BCUT2D eigenvalue weighted by Gasteiger charge is -2.31. The van der Waals surface area contributed by atoms with Gasteiger partial charge in [-0.05, 0) is 38.2 Å². The van der Waals surface area contributed by atoms with Gasteiger partial charge in [-0.1, -0.05) is 18.5 Å². The van der Waals surface area contributed by atoms with Crippen molar-refractivity contribution in [2.45, 2.75) is 50.6 Å². The fraction of sp³-hybridized carbons (Fsp3) is 0.571. The summed E-state index contributed by atoms with van der Waals surface area (Å²) < 4.78 is 13.6. The van der Waals surface area contributed by atoms with Gasteiger partial charge in [-0.25, -0.2) is 9.97 Å². The summed E-state index contributed by atoms with van der Waals surface area (Å²) in [7, 11) is 0. The number of hydrogen-bond donors (Lipinski definition) is 1. The van der Waals surface area contributed by atoms with Gasteiger partial charge >= 0.3 is 0 Å². The molecule has 10 heteroatoms. The van der Waals surface area contributed by atoms with Crippen molar-refractivity contribution in [2.75, 3.05) is 31.2 Å². The normalized spacial score (nSPS) is 25.0. The largest absolute Gasteiger partial charge is 0.598 e. The maximum absolute atomic E-state index is 13.0. The molecule has 0 aromatic carbocycles. The Hall–Kier alpha value is -1.39. The minimum Gasteiger partial charge on any atom is -0.598 e. The zero-order valence-electron chi connectivity index (χ0n) is 17.7. The Bertz CT molecular complexity index is 1010. The summed E-state index contributed by atoms with van der Waals surface area (Å²) in [6.45, 7) is 4.59. The molecule has 2 unspecified atom stereocenters. The molecule has 2 atom stereocenters. The molecule has 5 rings (SSSR count). The number of piperidine rings is 1. The van der Waals surface area contributed by atoms with Crippen LogP contribution in [0, 0.1) is 0 Å². The van der Waals surface area contributed by atoms with E-state index in [0.717, 1.165) is 67.1 Å². The summed E-state index contributed by atoms with van der Waals surface area (Å²) in [5.74, 6) is 0.684. The molecule has 2 saturated heterocycles. The van der Waals surface area contributed by atoms with Crippen molar-refractivity contribution < 1.29 is 9.35 Å². The molecular weight excluding hydrogens is 454 g/mol. The van der Waals surface area contributed by atoms with Crippen LogP contribution in [0.2, 0.25) is 5.02 Å². The molecule has 166 valence electrons. The fourth-order valence-electron chi connectivity index (χ4n) is 5.15. The molecule has 1 amide bonds. The van der Waals surface area contributed by atoms with Crippen LogP contribution in [0.1, 0.15) is 54.3 Å². The van der Waals surface area contributed by atoms with Crippen molar-refractivity contribution in [3.8, 4) is 10.6 Å². The van der Waals surface area contributed by atoms with Crippen molar-refractivity contribution in [3.05, 3.63) is 27.7 Å².